The molecule has 0 aliphatic rings. The molecule has 3 aromatic rings. The van der Waals surface area contributed by atoms with Gasteiger partial charge in [-0.3, -0.25) is 9.59 Å². The van der Waals surface area contributed by atoms with Gasteiger partial charge in [-0.25, -0.2) is 9.97 Å². The Kier molecular flexibility index (Phi) is 12.8. The SMILES string of the molecule is O=C(CCCCCCCSc1nc(=O)c(Cc2cncnc2)cn1CCCCCO)c1ccc(Cl)cc1. The van der Waals surface area contributed by atoms with E-state index in [1.54, 1.807) is 48.4 Å². The standard InChI is InChI=1S/C28H35ClN4O3S/c29-25-12-10-23(11-13-25)26(35)9-5-2-1-3-8-16-37-28-32-27(36)24(17-22-18-30-21-31-19-22)20-33(28)14-6-4-7-15-34/h10-13,18-21,34H,1-9,14-17H2. The fourth-order valence-electron chi connectivity index (χ4n) is 3.99. The summed E-state index contributed by atoms with van der Waals surface area (Å²) in [6.45, 7) is 0.952. The van der Waals surface area contributed by atoms with Crippen LogP contribution < -0.4 is 5.56 Å². The number of thioether (sulfide) groups is 1. The van der Waals surface area contributed by atoms with E-state index in [-0.39, 0.29) is 17.9 Å². The Labute approximate surface area is 227 Å². The van der Waals surface area contributed by atoms with Gasteiger partial charge in [0, 0.05) is 66.5 Å². The fraction of sp³-hybridized carbons (Fsp3) is 0.464. The molecule has 37 heavy (non-hydrogen) atoms. The zero-order valence-corrected chi connectivity index (χ0v) is 22.7. The Hall–Kier alpha value is -2.55. The number of aryl methyl sites for hydroxylation is 1. The van der Waals surface area contributed by atoms with Gasteiger partial charge in [0.2, 0.25) is 0 Å². The number of ketones is 1. The summed E-state index contributed by atoms with van der Waals surface area (Å²) in [6.07, 6.45) is 15.5. The number of rotatable bonds is 17. The number of nitrogens with zero attached hydrogens (tertiary/aromatic N) is 4. The fourth-order valence-corrected chi connectivity index (χ4v) is 5.11. The Morgan fingerprint density at radius 2 is 1.65 bits per heavy atom. The summed E-state index contributed by atoms with van der Waals surface area (Å²) in [6, 6.07) is 7.07. The summed E-state index contributed by atoms with van der Waals surface area (Å²) in [4.78, 5) is 37.4. The van der Waals surface area contributed by atoms with Crippen molar-refractivity contribution in [1.29, 1.82) is 0 Å². The Morgan fingerprint density at radius 1 is 0.946 bits per heavy atom. The van der Waals surface area contributed by atoms with Crippen molar-refractivity contribution in [2.75, 3.05) is 12.4 Å². The molecule has 1 N–H and O–H groups in total. The topological polar surface area (TPSA) is 98.0 Å². The van der Waals surface area contributed by atoms with Crippen LogP contribution in [0.25, 0.3) is 0 Å². The molecule has 0 atom stereocenters. The smallest absolute Gasteiger partial charge is 0.277 e. The monoisotopic (exact) mass is 542 g/mol. The lowest BCUT2D eigenvalue weighted by atomic mass is 10.0. The van der Waals surface area contributed by atoms with Crippen LogP contribution in [0.1, 0.15) is 79.3 Å². The molecule has 0 aliphatic carbocycles. The number of aromatic nitrogens is 4. The molecule has 0 radical (unpaired) electrons. The maximum atomic E-state index is 12.7. The van der Waals surface area contributed by atoms with Gasteiger partial charge in [0.05, 0.1) is 0 Å². The van der Waals surface area contributed by atoms with Gasteiger partial charge < -0.3 is 9.67 Å². The van der Waals surface area contributed by atoms with E-state index in [1.807, 2.05) is 6.20 Å². The third-order valence-corrected chi connectivity index (χ3v) is 7.37. The van der Waals surface area contributed by atoms with Crippen LogP contribution in [0.5, 0.6) is 0 Å². The third kappa shape index (κ3) is 10.4. The van der Waals surface area contributed by atoms with Gasteiger partial charge in [0.1, 0.15) is 6.33 Å². The number of aliphatic hydroxyl groups excluding tert-OH is 1. The minimum Gasteiger partial charge on any atom is -0.396 e. The van der Waals surface area contributed by atoms with Crippen molar-refractivity contribution < 1.29 is 9.90 Å². The molecule has 198 valence electrons. The van der Waals surface area contributed by atoms with Gasteiger partial charge in [-0.1, -0.05) is 42.6 Å². The highest BCUT2D eigenvalue weighted by Crippen LogP contribution is 2.20. The molecule has 2 aromatic heterocycles. The molecule has 1 aromatic carbocycles. The van der Waals surface area contributed by atoms with Crippen molar-refractivity contribution in [2.45, 2.75) is 75.9 Å². The highest BCUT2D eigenvalue weighted by molar-refractivity contribution is 7.99. The van der Waals surface area contributed by atoms with E-state index < -0.39 is 0 Å². The maximum Gasteiger partial charge on any atom is 0.277 e. The first-order chi connectivity index (χ1) is 18.1. The molecule has 0 bridgehead atoms. The van der Waals surface area contributed by atoms with Gasteiger partial charge in [0.25, 0.3) is 5.56 Å². The Bertz CT molecular complexity index is 1160. The first-order valence-electron chi connectivity index (χ1n) is 12.9. The summed E-state index contributed by atoms with van der Waals surface area (Å²) < 4.78 is 2.07. The number of halogens is 1. The number of carbonyl (C=O) groups excluding carboxylic acids is 1. The van der Waals surface area contributed by atoms with Crippen LogP contribution in [-0.4, -0.2) is 42.8 Å². The molecule has 7 nitrogen and oxygen atoms in total. The van der Waals surface area contributed by atoms with E-state index in [1.165, 1.54) is 6.33 Å². The van der Waals surface area contributed by atoms with E-state index in [4.69, 9.17) is 16.7 Å². The summed E-state index contributed by atoms with van der Waals surface area (Å²) in [5, 5.41) is 10.5. The zero-order valence-electron chi connectivity index (χ0n) is 21.1. The molecule has 0 saturated heterocycles. The molecule has 2 heterocycles. The normalized spacial score (nSPS) is 11.1. The average Bonchev–Trinajstić information content (AvgIpc) is 2.91. The van der Waals surface area contributed by atoms with Crippen LogP contribution in [0.4, 0.5) is 0 Å². The highest BCUT2D eigenvalue weighted by Gasteiger charge is 2.11. The molecular weight excluding hydrogens is 508 g/mol. The third-order valence-electron chi connectivity index (χ3n) is 6.04. The van der Waals surface area contributed by atoms with Gasteiger partial charge in [-0.05, 0) is 61.9 Å². The van der Waals surface area contributed by atoms with Crippen molar-refractivity contribution in [3.63, 3.8) is 0 Å². The number of hydrogen-bond acceptors (Lipinski definition) is 7. The van der Waals surface area contributed by atoms with E-state index >= 15 is 0 Å². The summed E-state index contributed by atoms with van der Waals surface area (Å²) in [7, 11) is 0. The lowest BCUT2D eigenvalue weighted by molar-refractivity contribution is 0.0979. The molecule has 0 amide bonds. The lowest BCUT2D eigenvalue weighted by Crippen LogP contribution is -2.20. The molecule has 0 aliphatic heterocycles. The minimum absolute atomic E-state index is 0.165. The Morgan fingerprint density at radius 3 is 2.41 bits per heavy atom. The van der Waals surface area contributed by atoms with Gasteiger partial charge in [0.15, 0.2) is 10.9 Å². The predicted molar refractivity (Wildman–Crippen MR) is 148 cm³/mol. The zero-order chi connectivity index (χ0) is 26.3. The lowest BCUT2D eigenvalue weighted by Gasteiger charge is -2.14. The minimum atomic E-state index is -0.205. The molecule has 0 saturated carbocycles. The molecule has 3 rings (SSSR count). The quantitative estimate of drug-likeness (QED) is 0.100. The van der Waals surface area contributed by atoms with Crippen LogP contribution in [0, 0.1) is 0 Å². The highest BCUT2D eigenvalue weighted by atomic mass is 35.5. The second-order valence-electron chi connectivity index (χ2n) is 9.05. The van der Waals surface area contributed by atoms with E-state index in [0.29, 0.717) is 23.4 Å². The van der Waals surface area contributed by atoms with Crippen LogP contribution >= 0.6 is 23.4 Å². The largest absolute Gasteiger partial charge is 0.396 e. The van der Waals surface area contributed by atoms with Crippen molar-refractivity contribution in [1.82, 2.24) is 19.5 Å². The predicted octanol–water partition coefficient (Wildman–Crippen LogP) is 5.76. The number of benzene rings is 1. The van der Waals surface area contributed by atoms with Crippen LogP contribution in [0.2, 0.25) is 5.02 Å². The van der Waals surface area contributed by atoms with Crippen molar-refractivity contribution in [3.8, 4) is 0 Å². The molecule has 0 fully saturated rings. The van der Waals surface area contributed by atoms with E-state index in [2.05, 4.69) is 19.5 Å². The van der Waals surface area contributed by atoms with Gasteiger partial charge in [-0.15, -0.1) is 0 Å². The maximum absolute atomic E-state index is 12.7. The molecule has 0 spiro atoms. The second-order valence-corrected chi connectivity index (χ2v) is 10.5. The first kappa shape index (κ1) is 29.0. The van der Waals surface area contributed by atoms with E-state index in [0.717, 1.165) is 79.9 Å². The molecular formula is C28H35ClN4O3S. The molecule has 9 heteroatoms. The van der Waals surface area contributed by atoms with Gasteiger partial charge in [-0.2, -0.15) is 4.98 Å². The number of aliphatic hydroxyl groups is 1. The molecule has 0 unspecified atom stereocenters. The number of carbonyl (C=O) groups is 1. The number of hydrogen-bond donors (Lipinski definition) is 1. The van der Waals surface area contributed by atoms with Crippen molar-refractivity contribution in [2.24, 2.45) is 0 Å². The van der Waals surface area contributed by atoms with E-state index in [9.17, 15) is 9.59 Å². The van der Waals surface area contributed by atoms with Crippen molar-refractivity contribution in [3.05, 3.63) is 81.3 Å². The number of Topliss-reactive ketones (excluding diaryl/α,β-unsaturated/α-hetero) is 1. The van der Waals surface area contributed by atoms with Gasteiger partial charge >= 0.3 is 0 Å². The van der Waals surface area contributed by atoms with Crippen LogP contribution in [0.3, 0.4) is 0 Å². The summed E-state index contributed by atoms with van der Waals surface area (Å²) >= 11 is 7.50. The Balaban J connectivity index is 1.44. The number of unbranched alkanes of at least 4 members (excludes halogenated alkanes) is 6. The summed E-state index contributed by atoms with van der Waals surface area (Å²) in [5.74, 6) is 1.05. The summed E-state index contributed by atoms with van der Waals surface area (Å²) in [5.41, 5.74) is 2.03. The van der Waals surface area contributed by atoms with Crippen molar-refractivity contribution >= 4 is 29.1 Å². The van der Waals surface area contributed by atoms with Crippen LogP contribution in [-0.2, 0) is 13.0 Å². The average molecular weight is 543 g/mol. The van der Waals surface area contributed by atoms with Crippen LogP contribution in [0.15, 0.2) is 59.1 Å². The second kappa shape index (κ2) is 16.3. The first-order valence-corrected chi connectivity index (χ1v) is 14.3.